The number of carbonyl (C=O) groups excluding carboxylic acids is 1. The van der Waals surface area contributed by atoms with E-state index in [9.17, 15) is 18.0 Å². The van der Waals surface area contributed by atoms with E-state index in [2.05, 4.69) is 13.8 Å². The molecule has 3 rings (SSSR count). The predicted molar refractivity (Wildman–Crippen MR) is 140 cm³/mol. The first kappa shape index (κ1) is 27.9. The van der Waals surface area contributed by atoms with E-state index in [1.807, 2.05) is 48.5 Å². The summed E-state index contributed by atoms with van der Waals surface area (Å²) in [7, 11) is -2.97. The van der Waals surface area contributed by atoms with Crippen LogP contribution in [0.4, 0.5) is 13.2 Å². The molecule has 0 saturated carbocycles. The Morgan fingerprint density at radius 2 is 1.08 bits per heavy atom. The van der Waals surface area contributed by atoms with Crippen LogP contribution < -0.4 is 0 Å². The summed E-state index contributed by atoms with van der Waals surface area (Å²) in [5.74, 6) is -2.18. The summed E-state index contributed by atoms with van der Waals surface area (Å²) >= 11 is 0. The largest absolute Gasteiger partial charge is 0.491 e. The van der Waals surface area contributed by atoms with E-state index in [1.165, 1.54) is 0 Å². The van der Waals surface area contributed by atoms with Crippen molar-refractivity contribution in [2.24, 2.45) is 0 Å². The molecule has 194 valence electrons. The van der Waals surface area contributed by atoms with Crippen LogP contribution in [0.3, 0.4) is 0 Å². The normalized spacial score (nSPS) is 12.4. The zero-order chi connectivity index (χ0) is 26.0. The van der Waals surface area contributed by atoms with E-state index in [0.717, 1.165) is 62.5 Å². The van der Waals surface area contributed by atoms with Crippen molar-refractivity contribution in [3.63, 3.8) is 0 Å². The van der Waals surface area contributed by atoms with E-state index in [-0.39, 0.29) is 0 Å². The minimum absolute atomic E-state index is 0.542. The Hall–Kier alpha value is -2.73. The van der Waals surface area contributed by atoms with Crippen LogP contribution in [-0.4, -0.2) is 12.1 Å². The number of benzene rings is 3. The fourth-order valence-electron chi connectivity index (χ4n) is 4.18. The maximum Gasteiger partial charge on any atom is 0.491 e. The molecule has 2 nitrogen and oxygen atoms in total. The molecule has 0 N–H and O–H groups in total. The Balaban J connectivity index is 2.12. The predicted octanol–water partition coefficient (Wildman–Crippen LogP) is 9.45. The summed E-state index contributed by atoms with van der Waals surface area (Å²) in [6.07, 6.45) is 3.26. The third-order valence-corrected chi connectivity index (χ3v) is 9.37. The first-order chi connectivity index (χ1) is 17.3. The summed E-state index contributed by atoms with van der Waals surface area (Å²) in [6.45, 7) is 4.29. The zero-order valence-corrected chi connectivity index (χ0v) is 21.8. The number of aryl methyl sites for hydroxylation is 2. The first-order valence-corrected chi connectivity index (χ1v) is 14.2. The Bertz CT molecular complexity index is 1020. The van der Waals surface area contributed by atoms with Crippen molar-refractivity contribution in [2.45, 2.75) is 86.1 Å². The molecule has 0 aliphatic rings. The van der Waals surface area contributed by atoms with E-state index >= 15 is 0 Å². The van der Waals surface area contributed by atoms with Crippen LogP contribution >= 0.6 is 10.3 Å². The lowest BCUT2D eigenvalue weighted by molar-refractivity contribution is -0.188. The second kappa shape index (κ2) is 13.0. The fraction of sp³-hybridized carbons (Fsp3) is 0.367. The SMILES string of the molecule is CCCCCc1ccc(S(OC(=O)C(F)(F)F)(c2ccccc2)c2ccc(CCCCC)cc2)cc1. The van der Waals surface area contributed by atoms with Crippen molar-refractivity contribution in [2.75, 3.05) is 0 Å². The highest BCUT2D eigenvalue weighted by Gasteiger charge is 2.47. The molecule has 0 aliphatic heterocycles. The van der Waals surface area contributed by atoms with Crippen molar-refractivity contribution < 1.29 is 22.1 Å². The second-order valence-electron chi connectivity index (χ2n) is 8.94. The maximum atomic E-state index is 13.5. The molecule has 0 unspecified atom stereocenters. The lowest BCUT2D eigenvalue weighted by atomic mass is 10.1. The molecule has 0 atom stereocenters. The highest BCUT2D eigenvalue weighted by molar-refractivity contribution is 8.30. The lowest BCUT2D eigenvalue weighted by Gasteiger charge is -2.40. The number of carbonyl (C=O) groups is 1. The van der Waals surface area contributed by atoms with E-state index < -0.39 is 22.5 Å². The summed E-state index contributed by atoms with van der Waals surface area (Å²) in [5, 5.41) is 0. The van der Waals surface area contributed by atoms with E-state index in [4.69, 9.17) is 4.18 Å². The van der Waals surface area contributed by atoms with Crippen molar-refractivity contribution in [3.05, 3.63) is 90.0 Å². The number of hydrogen-bond donors (Lipinski definition) is 0. The summed E-state index contributed by atoms with van der Waals surface area (Å²) < 4.78 is 46.2. The molecule has 3 aromatic rings. The van der Waals surface area contributed by atoms with Crippen LogP contribution in [0.1, 0.15) is 63.5 Å². The van der Waals surface area contributed by atoms with Crippen molar-refractivity contribution in [1.29, 1.82) is 0 Å². The molecule has 0 aliphatic carbocycles. The molecule has 36 heavy (non-hydrogen) atoms. The number of alkyl halides is 3. The average molecular weight is 517 g/mol. The third-order valence-electron chi connectivity index (χ3n) is 6.16. The van der Waals surface area contributed by atoms with Crippen LogP contribution in [0.25, 0.3) is 0 Å². The Morgan fingerprint density at radius 1 is 0.667 bits per heavy atom. The zero-order valence-electron chi connectivity index (χ0n) is 21.0. The highest BCUT2D eigenvalue weighted by Crippen LogP contribution is 2.69. The number of halogens is 3. The minimum atomic E-state index is -5.10. The molecule has 0 spiro atoms. The van der Waals surface area contributed by atoms with Gasteiger partial charge in [-0.3, -0.25) is 0 Å². The van der Waals surface area contributed by atoms with Gasteiger partial charge >= 0.3 is 12.1 Å². The topological polar surface area (TPSA) is 26.3 Å². The second-order valence-corrected chi connectivity index (χ2v) is 11.6. The van der Waals surface area contributed by atoms with Gasteiger partial charge in [0.05, 0.1) is 0 Å². The van der Waals surface area contributed by atoms with Gasteiger partial charge in [-0.05, 0) is 83.5 Å². The number of rotatable bonds is 12. The molecule has 0 aromatic heterocycles. The van der Waals surface area contributed by atoms with Gasteiger partial charge in [0.2, 0.25) is 0 Å². The fourth-order valence-corrected chi connectivity index (χ4v) is 7.19. The van der Waals surface area contributed by atoms with Crippen molar-refractivity contribution in [1.82, 2.24) is 0 Å². The van der Waals surface area contributed by atoms with Gasteiger partial charge in [-0.25, -0.2) is 4.79 Å². The molecule has 3 aromatic carbocycles. The Morgan fingerprint density at radius 3 is 1.47 bits per heavy atom. The first-order valence-electron chi connectivity index (χ1n) is 12.7. The Kier molecular flexibility index (Phi) is 10.1. The standard InChI is InChI=1S/C30H35F3O2S/c1-3-5-8-12-24-16-20-27(21-17-24)36(26-14-10-7-11-15-26,35-29(34)30(31,32)33)28-22-18-25(19-23-28)13-9-6-4-2/h7,10-11,14-23H,3-6,8-9,12-13H2,1-2H3. The number of unbranched alkanes of at least 4 members (excludes halogenated alkanes) is 4. The van der Waals surface area contributed by atoms with E-state index in [0.29, 0.717) is 14.7 Å². The van der Waals surface area contributed by atoms with Gasteiger partial charge in [0.1, 0.15) is 0 Å². The van der Waals surface area contributed by atoms with Gasteiger partial charge in [0, 0.05) is 14.7 Å². The maximum absolute atomic E-state index is 13.5. The van der Waals surface area contributed by atoms with Crippen molar-refractivity contribution in [3.8, 4) is 0 Å². The quantitative estimate of drug-likeness (QED) is 0.224. The molecule has 0 amide bonds. The van der Waals surface area contributed by atoms with Gasteiger partial charge in [0.25, 0.3) is 0 Å². The number of hydrogen-bond acceptors (Lipinski definition) is 2. The highest BCUT2D eigenvalue weighted by atomic mass is 32.3. The van der Waals surface area contributed by atoms with Crippen LogP contribution in [0.5, 0.6) is 0 Å². The Labute approximate surface area is 214 Å². The molecule has 0 fully saturated rings. The third kappa shape index (κ3) is 6.94. The summed E-state index contributed by atoms with van der Waals surface area (Å²) in [4.78, 5) is 14.0. The molecular weight excluding hydrogens is 481 g/mol. The van der Waals surface area contributed by atoms with Gasteiger partial charge in [-0.2, -0.15) is 13.2 Å². The summed E-state index contributed by atoms with van der Waals surface area (Å²) in [5.41, 5.74) is 2.23. The molecular formula is C30H35F3O2S. The van der Waals surface area contributed by atoms with Crippen LogP contribution in [0.15, 0.2) is 93.5 Å². The van der Waals surface area contributed by atoms with Crippen molar-refractivity contribution >= 4 is 16.3 Å². The smallest absolute Gasteiger partial charge is 0.395 e. The molecule has 0 radical (unpaired) electrons. The summed E-state index contributed by atoms with van der Waals surface area (Å²) in [6, 6.07) is 23.8. The molecule has 6 heteroatoms. The van der Waals surface area contributed by atoms with Crippen LogP contribution in [0.2, 0.25) is 0 Å². The van der Waals surface area contributed by atoms with Crippen LogP contribution in [-0.2, 0) is 21.8 Å². The molecule has 0 saturated heterocycles. The average Bonchev–Trinajstić information content (AvgIpc) is 2.88. The van der Waals surface area contributed by atoms with E-state index in [1.54, 1.807) is 30.3 Å². The minimum Gasteiger partial charge on any atom is -0.395 e. The van der Waals surface area contributed by atoms with Crippen LogP contribution in [0, 0.1) is 0 Å². The van der Waals surface area contributed by atoms with Gasteiger partial charge in [-0.15, -0.1) is 0 Å². The molecule has 0 bridgehead atoms. The van der Waals surface area contributed by atoms with Gasteiger partial charge < -0.3 is 4.18 Å². The van der Waals surface area contributed by atoms with Gasteiger partial charge in [-0.1, -0.05) is 82.0 Å². The molecule has 0 heterocycles. The monoisotopic (exact) mass is 516 g/mol. The lowest BCUT2D eigenvalue weighted by Crippen LogP contribution is -2.27. The van der Waals surface area contributed by atoms with Gasteiger partial charge in [0.15, 0.2) is 0 Å².